The van der Waals surface area contributed by atoms with Crippen LogP contribution >= 0.6 is 0 Å². The monoisotopic (exact) mass is 223 g/mol. The first-order valence-electron chi connectivity index (χ1n) is 5.71. The molecule has 16 heavy (non-hydrogen) atoms. The number of nitrogens with two attached hydrogens (primary N) is 1. The Balaban J connectivity index is 3.34. The zero-order valence-corrected chi connectivity index (χ0v) is 10.6. The Hall–Kier alpha value is -1.16. The zero-order valence-electron chi connectivity index (χ0n) is 10.6. The zero-order chi connectivity index (χ0) is 12.3. The van der Waals surface area contributed by atoms with E-state index < -0.39 is 0 Å². The first kappa shape index (κ1) is 12.9. The average molecular weight is 223 g/mol. The maximum Gasteiger partial charge on any atom is 0.271 e. The average Bonchev–Trinajstić information content (AvgIpc) is 2.19. The van der Waals surface area contributed by atoms with Gasteiger partial charge in [0.1, 0.15) is 0 Å². The van der Waals surface area contributed by atoms with Crippen molar-refractivity contribution in [1.29, 1.82) is 0 Å². The SMILES string of the molecule is CCCn1nc(C(C)(C)C)cc(CN)c1=O. The number of nitrogens with zero attached hydrogens (tertiary/aromatic N) is 2. The molecule has 90 valence electrons. The fourth-order valence-electron chi connectivity index (χ4n) is 1.47. The van der Waals surface area contributed by atoms with Gasteiger partial charge in [-0.3, -0.25) is 4.79 Å². The van der Waals surface area contributed by atoms with Gasteiger partial charge in [0.05, 0.1) is 5.69 Å². The molecular weight excluding hydrogens is 202 g/mol. The van der Waals surface area contributed by atoms with Crippen LogP contribution in [0.25, 0.3) is 0 Å². The second-order valence-electron chi connectivity index (χ2n) is 5.04. The van der Waals surface area contributed by atoms with Gasteiger partial charge in [-0.15, -0.1) is 0 Å². The summed E-state index contributed by atoms with van der Waals surface area (Å²) in [4.78, 5) is 11.9. The van der Waals surface area contributed by atoms with Gasteiger partial charge in [-0.1, -0.05) is 27.7 Å². The lowest BCUT2D eigenvalue weighted by molar-refractivity contribution is 0.492. The maximum atomic E-state index is 11.9. The van der Waals surface area contributed by atoms with E-state index in [0.29, 0.717) is 12.1 Å². The summed E-state index contributed by atoms with van der Waals surface area (Å²) in [5, 5.41) is 4.39. The Kier molecular flexibility index (Phi) is 3.86. The summed E-state index contributed by atoms with van der Waals surface area (Å²) < 4.78 is 1.53. The van der Waals surface area contributed by atoms with Crippen LogP contribution in [0.4, 0.5) is 0 Å². The molecule has 1 rings (SSSR count). The van der Waals surface area contributed by atoms with Crippen molar-refractivity contribution in [3.05, 3.63) is 27.7 Å². The predicted octanol–water partition coefficient (Wildman–Crippen LogP) is 1.41. The molecule has 1 heterocycles. The van der Waals surface area contributed by atoms with Crippen LogP contribution < -0.4 is 11.3 Å². The minimum atomic E-state index is -0.0624. The van der Waals surface area contributed by atoms with Crippen LogP contribution in [0.15, 0.2) is 10.9 Å². The summed E-state index contributed by atoms with van der Waals surface area (Å²) in [7, 11) is 0. The predicted molar refractivity (Wildman–Crippen MR) is 65.4 cm³/mol. The van der Waals surface area contributed by atoms with Gasteiger partial charge < -0.3 is 5.73 Å². The normalized spacial score (nSPS) is 11.8. The first-order valence-corrected chi connectivity index (χ1v) is 5.71. The molecule has 0 aromatic carbocycles. The fourth-order valence-corrected chi connectivity index (χ4v) is 1.47. The standard InChI is InChI=1S/C12H21N3O/c1-5-6-15-11(16)9(8-13)7-10(14-15)12(2,3)4/h7H,5-6,8,13H2,1-4H3. The van der Waals surface area contributed by atoms with Crippen LogP contribution in [-0.2, 0) is 18.5 Å². The minimum Gasteiger partial charge on any atom is -0.326 e. The Labute approximate surface area is 96.5 Å². The van der Waals surface area contributed by atoms with Crippen molar-refractivity contribution in [3.8, 4) is 0 Å². The number of rotatable bonds is 3. The number of aryl methyl sites for hydroxylation is 1. The topological polar surface area (TPSA) is 60.9 Å². The molecule has 0 aliphatic rings. The molecule has 0 saturated heterocycles. The van der Waals surface area contributed by atoms with Crippen LogP contribution in [-0.4, -0.2) is 9.78 Å². The summed E-state index contributed by atoms with van der Waals surface area (Å²) in [6.45, 7) is 9.19. The van der Waals surface area contributed by atoms with E-state index in [4.69, 9.17) is 5.73 Å². The summed E-state index contributed by atoms with van der Waals surface area (Å²) in [6.07, 6.45) is 0.893. The van der Waals surface area contributed by atoms with E-state index in [1.807, 2.05) is 13.0 Å². The van der Waals surface area contributed by atoms with Crippen LogP contribution in [0.3, 0.4) is 0 Å². The van der Waals surface area contributed by atoms with Crippen LogP contribution in [0.5, 0.6) is 0 Å². The number of aromatic nitrogens is 2. The first-order chi connectivity index (χ1) is 7.40. The molecule has 4 nitrogen and oxygen atoms in total. The Morgan fingerprint density at radius 2 is 2.06 bits per heavy atom. The summed E-state index contributed by atoms with van der Waals surface area (Å²) in [5.74, 6) is 0. The van der Waals surface area contributed by atoms with Crippen molar-refractivity contribution in [2.45, 2.75) is 52.6 Å². The molecule has 0 spiro atoms. The molecule has 4 heteroatoms. The third-order valence-corrected chi connectivity index (χ3v) is 2.47. The molecular formula is C12H21N3O. The van der Waals surface area contributed by atoms with E-state index in [9.17, 15) is 4.79 Å². The molecule has 1 aromatic rings. The molecule has 0 fully saturated rings. The lowest BCUT2D eigenvalue weighted by atomic mass is 9.91. The third-order valence-electron chi connectivity index (χ3n) is 2.47. The van der Waals surface area contributed by atoms with Crippen LogP contribution in [0, 0.1) is 0 Å². The molecule has 0 atom stereocenters. The number of hydrogen-bond acceptors (Lipinski definition) is 3. The van der Waals surface area contributed by atoms with Gasteiger partial charge in [-0.25, -0.2) is 4.68 Å². The molecule has 0 aliphatic heterocycles. The van der Waals surface area contributed by atoms with E-state index in [0.717, 1.165) is 12.1 Å². The molecule has 0 amide bonds. The summed E-state index contributed by atoms with van der Waals surface area (Å²) in [6, 6.07) is 1.83. The molecule has 0 radical (unpaired) electrons. The second kappa shape index (κ2) is 4.78. The highest BCUT2D eigenvalue weighted by molar-refractivity contribution is 5.19. The molecule has 1 aromatic heterocycles. The Morgan fingerprint density at radius 1 is 1.44 bits per heavy atom. The van der Waals surface area contributed by atoms with Gasteiger partial charge in [0.15, 0.2) is 0 Å². The van der Waals surface area contributed by atoms with Crippen molar-refractivity contribution < 1.29 is 0 Å². The van der Waals surface area contributed by atoms with Crippen molar-refractivity contribution in [2.24, 2.45) is 5.73 Å². The van der Waals surface area contributed by atoms with E-state index in [1.165, 1.54) is 4.68 Å². The highest BCUT2D eigenvalue weighted by Crippen LogP contribution is 2.19. The van der Waals surface area contributed by atoms with Gasteiger partial charge in [0, 0.05) is 24.1 Å². The lowest BCUT2D eigenvalue weighted by Gasteiger charge is -2.19. The Morgan fingerprint density at radius 3 is 2.50 bits per heavy atom. The third kappa shape index (κ3) is 2.70. The van der Waals surface area contributed by atoms with Gasteiger partial charge in [0.2, 0.25) is 0 Å². The second-order valence-corrected chi connectivity index (χ2v) is 5.04. The van der Waals surface area contributed by atoms with Crippen LogP contribution in [0.2, 0.25) is 0 Å². The largest absolute Gasteiger partial charge is 0.326 e. The van der Waals surface area contributed by atoms with E-state index in [2.05, 4.69) is 25.9 Å². The lowest BCUT2D eigenvalue weighted by Crippen LogP contribution is -2.31. The minimum absolute atomic E-state index is 0.0580. The van der Waals surface area contributed by atoms with Gasteiger partial charge in [-0.05, 0) is 12.5 Å². The molecule has 0 unspecified atom stereocenters. The van der Waals surface area contributed by atoms with Gasteiger partial charge >= 0.3 is 0 Å². The quantitative estimate of drug-likeness (QED) is 0.842. The van der Waals surface area contributed by atoms with Crippen molar-refractivity contribution in [3.63, 3.8) is 0 Å². The van der Waals surface area contributed by atoms with Gasteiger partial charge in [0.25, 0.3) is 5.56 Å². The van der Waals surface area contributed by atoms with Crippen molar-refractivity contribution in [1.82, 2.24) is 9.78 Å². The molecule has 2 N–H and O–H groups in total. The van der Waals surface area contributed by atoms with Gasteiger partial charge in [-0.2, -0.15) is 5.10 Å². The smallest absolute Gasteiger partial charge is 0.271 e. The van der Waals surface area contributed by atoms with E-state index >= 15 is 0 Å². The van der Waals surface area contributed by atoms with E-state index in [1.54, 1.807) is 0 Å². The van der Waals surface area contributed by atoms with Crippen molar-refractivity contribution >= 4 is 0 Å². The maximum absolute atomic E-state index is 11.9. The number of hydrogen-bond donors (Lipinski definition) is 1. The highest BCUT2D eigenvalue weighted by Gasteiger charge is 2.18. The summed E-state index contributed by atoms with van der Waals surface area (Å²) >= 11 is 0. The highest BCUT2D eigenvalue weighted by atomic mass is 16.1. The van der Waals surface area contributed by atoms with Crippen LogP contribution in [0.1, 0.15) is 45.4 Å². The Bertz CT molecular complexity index is 415. The van der Waals surface area contributed by atoms with Crippen molar-refractivity contribution in [2.75, 3.05) is 0 Å². The van der Waals surface area contributed by atoms with E-state index in [-0.39, 0.29) is 17.5 Å². The molecule has 0 saturated carbocycles. The molecule has 0 aliphatic carbocycles. The summed E-state index contributed by atoms with van der Waals surface area (Å²) in [5.41, 5.74) is 7.03. The molecule has 0 bridgehead atoms. The fraction of sp³-hybridized carbons (Fsp3) is 0.667.